The van der Waals surface area contributed by atoms with Crippen LogP contribution in [-0.2, 0) is 22.4 Å². The minimum absolute atomic E-state index is 0.216. The van der Waals surface area contributed by atoms with Crippen molar-refractivity contribution in [3.05, 3.63) is 29.3 Å². The first-order valence-electron chi connectivity index (χ1n) is 7.30. The van der Waals surface area contributed by atoms with Crippen molar-refractivity contribution in [2.45, 2.75) is 25.4 Å². The Kier molecular flexibility index (Phi) is 4.03. The normalized spacial score (nSPS) is 22.4. The number of aryl methyl sites for hydroxylation is 1. The number of hydrogen-bond donors (Lipinski definition) is 0. The van der Waals surface area contributed by atoms with E-state index in [1.54, 1.807) is 0 Å². The first-order valence-corrected chi connectivity index (χ1v) is 7.30. The van der Waals surface area contributed by atoms with Crippen molar-refractivity contribution in [1.29, 1.82) is 0 Å². The highest BCUT2D eigenvalue weighted by Gasteiger charge is 2.24. The molecule has 1 unspecified atom stereocenters. The minimum Gasteiger partial charge on any atom is -0.493 e. The van der Waals surface area contributed by atoms with Crippen LogP contribution in [0.15, 0.2) is 18.2 Å². The summed E-state index contributed by atoms with van der Waals surface area (Å²) in [5.41, 5.74) is 2.48. The van der Waals surface area contributed by atoms with Crippen molar-refractivity contribution in [3.8, 4) is 5.75 Å². The zero-order valence-corrected chi connectivity index (χ0v) is 11.9. The molecule has 0 bridgehead atoms. The van der Waals surface area contributed by atoms with Crippen molar-refractivity contribution < 1.29 is 14.3 Å². The highest BCUT2D eigenvalue weighted by Crippen LogP contribution is 2.26. The molecule has 2 heterocycles. The molecule has 0 radical (unpaired) electrons. The summed E-state index contributed by atoms with van der Waals surface area (Å²) in [4.78, 5) is 14.3. The van der Waals surface area contributed by atoms with Crippen LogP contribution in [0.3, 0.4) is 0 Å². The van der Waals surface area contributed by atoms with E-state index < -0.39 is 0 Å². The van der Waals surface area contributed by atoms with Gasteiger partial charge in [0.25, 0.3) is 0 Å². The highest BCUT2D eigenvalue weighted by atomic mass is 16.5. The van der Waals surface area contributed by atoms with Gasteiger partial charge in [-0.1, -0.05) is 12.1 Å². The van der Waals surface area contributed by atoms with Crippen molar-refractivity contribution in [3.63, 3.8) is 0 Å². The lowest BCUT2D eigenvalue weighted by atomic mass is 10.0. The maximum Gasteiger partial charge on any atom is 0.163 e. The maximum atomic E-state index is 12.2. The van der Waals surface area contributed by atoms with Gasteiger partial charge >= 0.3 is 0 Å². The molecule has 1 aromatic rings. The van der Waals surface area contributed by atoms with Crippen molar-refractivity contribution >= 4 is 5.78 Å². The van der Waals surface area contributed by atoms with E-state index in [4.69, 9.17) is 9.47 Å². The summed E-state index contributed by atoms with van der Waals surface area (Å²) in [5, 5.41) is 0. The Hall–Kier alpha value is -1.39. The van der Waals surface area contributed by atoms with Gasteiger partial charge < -0.3 is 14.4 Å². The number of morpholine rings is 1. The third-order valence-electron chi connectivity index (χ3n) is 4.04. The van der Waals surface area contributed by atoms with Crippen molar-refractivity contribution in [1.82, 2.24) is 4.90 Å². The van der Waals surface area contributed by atoms with Gasteiger partial charge in [0, 0.05) is 25.9 Å². The number of hydrogen-bond acceptors (Lipinski definition) is 4. The molecule has 0 aromatic heterocycles. The summed E-state index contributed by atoms with van der Waals surface area (Å²) in [6.07, 6.45) is 2.08. The smallest absolute Gasteiger partial charge is 0.163 e. The number of carbonyl (C=O) groups is 1. The second kappa shape index (κ2) is 5.94. The van der Waals surface area contributed by atoms with E-state index in [0.29, 0.717) is 13.0 Å². The van der Waals surface area contributed by atoms with Crippen LogP contribution in [0.2, 0.25) is 0 Å². The second-order valence-electron chi connectivity index (χ2n) is 5.63. The molecule has 0 N–H and O–H groups in total. The average molecular weight is 275 g/mol. The van der Waals surface area contributed by atoms with Gasteiger partial charge in [-0.2, -0.15) is 0 Å². The van der Waals surface area contributed by atoms with E-state index in [2.05, 4.69) is 17.0 Å². The molecular formula is C16H21NO3. The Morgan fingerprint density at radius 2 is 2.30 bits per heavy atom. The quantitative estimate of drug-likeness (QED) is 0.834. The fourth-order valence-corrected chi connectivity index (χ4v) is 2.80. The number of nitrogens with zero attached hydrogens (tertiary/aromatic N) is 1. The lowest BCUT2D eigenvalue weighted by Crippen LogP contribution is -2.44. The Bertz CT molecular complexity index is 500. The predicted octanol–water partition coefficient (Wildman–Crippen LogP) is 1.45. The largest absolute Gasteiger partial charge is 0.493 e. The fourth-order valence-electron chi connectivity index (χ4n) is 2.80. The molecule has 0 aliphatic carbocycles. The van der Waals surface area contributed by atoms with E-state index in [1.165, 1.54) is 11.1 Å². The van der Waals surface area contributed by atoms with Gasteiger partial charge in [-0.15, -0.1) is 0 Å². The average Bonchev–Trinajstić information content (AvgIpc) is 2.92. The van der Waals surface area contributed by atoms with Gasteiger partial charge in [-0.25, -0.2) is 0 Å². The molecule has 4 nitrogen and oxygen atoms in total. The summed E-state index contributed by atoms with van der Waals surface area (Å²) in [5.74, 6) is 1.21. The molecule has 0 saturated carbocycles. The van der Waals surface area contributed by atoms with Crippen LogP contribution in [0.4, 0.5) is 0 Å². The number of carbonyl (C=O) groups excluding carboxylic acids is 1. The van der Waals surface area contributed by atoms with E-state index >= 15 is 0 Å². The van der Waals surface area contributed by atoms with Gasteiger partial charge in [0.1, 0.15) is 11.9 Å². The van der Waals surface area contributed by atoms with E-state index in [1.807, 2.05) is 13.1 Å². The Morgan fingerprint density at radius 1 is 1.40 bits per heavy atom. The highest BCUT2D eigenvalue weighted by molar-refractivity contribution is 5.83. The molecule has 1 saturated heterocycles. The number of fused-ring (bicyclic) bond motifs is 1. The second-order valence-corrected chi connectivity index (χ2v) is 5.63. The van der Waals surface area contributed by atoms with Crippen molar-refractivity contribution in [2.75, 3.05) is 33.4 Å². The Balaban J connectivity index is 1.55. The molecule has 3 rings (SSSR count). The van der Waals surface area contributed by atoms with Gasteiger partial charge in [0.2, 0.25) is 0 Å². The van der Waals surface area contributed by atoms with Crippen LogP contribution >= 0.6 is 0 Å². The predicted molar refractivity (Wildman–Crippen MR) is 76.2 cm³/mol. The van der Waals surface area contributed by atoms with E-state index in [0.717, 1.165) is 38.3 Å². The van der Waals surface area contributed by atoms with Gasteiger partial charge in [0.15, 0.2) is 5.78 Å². The van der Waals surface area contributed by atoms with Crippen LogP contribution in [0.1, 0.15) is 17.5 Å². The van der Waals surface area contributed by atoms with Crippen LogP contribution in [0.5, 0.6) is 5.75 Å². The lowest BCUT2D eigenvalue weighted by molar-refractivity contribution is -0.135. The molecule has 1 fully saturated rings. The van der Waals surface area contributed by atoms with Crippen LogP contribution in [0.25, 0.3) is 0 Å². The molecule has 1 aromatic carbocycles. The first-order chi connectivity index (χ1) is 9.72. The summed E-state index contributed by atoms with van der Waals surface area (Å²) >= 11 is 0. The molecule has 0 amide bonds. The van der Waals surface area contributed by atoms with Crippen molar-refractivity contribution in [2.24, 2.45) is 0 Å². The zero-order chi connectivity index (χ0) is 13.9. The van der Waals surface area contributed by atoms with Crippen LogP contribution in [0, 0.1) is 0 Å². The molecule has 2 aliphatic rings. The Morgan fingerprint density at radius 3 is 3.15 bits per heavy atom. The first kappa shape index (κ1) is 13.6. The lowest BCUT2D eigenvalue weighted by Gasteiger charge is -2.29. The monoisotopic (exact) mass is 275 g/mol. The third-order valence-corrected chi connectivity index (χ3v) is 4.04. The zero-order valence-electron chi connectivity index (χ0n) is 11.9. The molecule has 20 heavy (non-hydrogen) atoms. The summed E-state index contributed by atoms with van der Waals surface area (Å²) in [7, 11) is 2.03. The van der Waals surface area contributed by atoms with Gasteiger partial charge in [0.05, 0.1) is 13.2 Å². The summed E-state index contributed by atoms with van der Waals surface area (Å²) in [6.45, 7) is 3.06. The van der Waals surface area contributed by atoms with Crippen LogP contribution in [-0.4, -0.2) is 50.1 Å². The molecule has 1 atom stereocenters. The number of rotatable bonds is 4. The number of ketones is 1. The van der Waals surface area contributed by atoms with E-state index in [-0.39, 0.29) is 11.9 Å². The van der Waals surface area contributed by atoms with Crippen LogP contribution < -0.4 is 4.74 Å². The number of likely N-dealkylation sites (N-methyl/N-ethyl adjacent to an activating group) is 1. The summed E-state index contributed by atoms with van der Waals surface area (Å²) in [6, 6.07) is 6.25. The fraction of sp³-hybridized carbons (Fsp3) is 0.562. The molecule has 0 spiro atoms. The van der Waals surface area contributed by atoms with Gasteiger partial charge in [-0.05, 0) is 30.7 Å². The van der Waals surface area contributed by atoms with E-state index in [9.17, 15) is 4.79 Å². The number of ether oxygens (including phenoxy) is 2. The standard InChI is InChI=1S/C16H21NO3/c1-17-7-9-20-16(11-17)14(18)4-2-12-3-5-15-13(10-12)6-8-19-15/h3,5,10,16H,2,4,6-9,11H2,1H3. The van der Waals surface area contributed by atoms with Gasteiger partial charge in [-0.3, -0.25) is 4.79 Å². The number of Topliss-reactive ketones (excluding diaryl/α,β-unsaturated/α-hetero) is 1. The minimum atomic E-state index is -0.244. The maximum absolute atomic E-state index is 12.2. The topological polar surface area (TPSA) is 38.8 Å². The molecule has 4 heteroatoms. The Labute approximate surface area is 119 Å². The molecule has 108 valence electrons. The summed E-state index contributed by atoms with van der Waals surface area (Å²) < 4.78 is 11.1. The molecular weight excluding hydrogens is 254 g/mol. The number of benzene rings is 1. The molecule has 2 aliphatic heterocycles. The SMILES string of the molecule is CN1CCOC(C(=O)CCc2ccc3c(c2)CCO3)C1. The third kappa shape index (κ3) is 3.02.